The molecule has 1 aliphatic carbocycles. The number of ketones is 2. The Bertz CT molecular complexity index is 1030. The van der Waals surface area contributed by atoms with Crippen LogP contribution in [0.1, 0.15) is 20.7 Å². The summed E-state index contributed by atoms with van der Waals surface area (Å²) in [6.45, 7) is 0. The minimum atomic E-state index is -5.97. The molecule has 0 bridgehead atoms. The Morgan fingerprint density at radius 2 is 0.848 bits per heavy atom. The van der Waals surface area contributed by atoms with E-state index in [0.29, 0.717) is 11.4 Å². The van der Waals surface area contributed by atoms with E-state index in [4.69, 9.17) is 0 Å². The number of anilines is 2. The number of Topliss-reactive ketones (excluding diaryl/α,β-unsaturated/α-hetero) is 2. The highest BCUT2D eigenvalue weighted by Crippen LogP contribution is 2.60. The molecule has 0 unspecified atom stereocenters. The third-order valence-electron chi connectivity index (χ3n) is 5.41. The van der Waals surface area contributed by atoms with Crippen molar-refractivity contribution in [3.8, 4) is 0 Å². The van der Waals surface area contributed by atoms with E-state index in [-0.39, 0.29) is 0 Å². The molecular formula is C23H20F6N2O2. The molecule has 0 N–H and O–H groups in total. The lowest BCUT2D eigenvalue weighted by molar-refractivity contribution is -0.263. The molecule has 0 atom stereocenters. The van der Waals surface area contributed by atoms with Crippen molar-refractivity contribution in [2.45, 2.75) is 17.8 Å². The van der Waals surface area contributed by atoms with E-state index in [1.165, 1.54) is 24.3 Å². The van der Waals surface area contributed by atoms with Gasteiger partial charge in [-0.15, -0.1) is 0 Å². The van der Waals surface area contributed by atoms with Crippen molar-refractivity contribution < 1.29 is 35.9 Å². The molecule has 0 saturated carbocycles. The number of hydrogen-bond donors (Lipinski definition) is 0. The first kappa shape index (κ1) is 24.3. The van der Waals surface area contributed by atoms with Crippen LogP contribution >= 0.6 is 0 Å². The van der Waals surface area contributed by atoms with Gasteiger partial charge in [-0.25, -0.2) is 0 Å². The highest BCUT2D eigenvalue weighted by molar-refractivity contribution is 6.20. The van der Waals surface area contributed by atoms with E-state index in [2.05, 4.69) is 0 Å². The zero-order valence-corrected chi connectivity index (χ0v) is 18.1. The first-order chi connectivity index (χ1) is 15.1. The van der Waals surface area contributed by atoms with Gasteiger partial charge in [-0.2, -0.15) is 26.3 Å². The first-order valence-electron chi connectivity index (χ1n) is 9.67. The summed E-state index contributed by atoms with van der Waals surface area (Å²) in [5.41, 5.74) is -4.36. The molecule has 0 fully saturated rings. The first-order valence-corrected chi connectivity index (χ1v) is 9.67. The maximum Gasteiger partial charge on any atom is 0.380 e. The van der Waals surface area contributed by atoms with Gasteiger partial charge < -0.3 is 9.80 Å². The monoisotopic (exact) mass is 470 g/mol. The standard InChI is InChI=1S/C23H20F6N2O2/c1-30(2)15-9-5-13(6-10-15)19(32)17-18(22(26,27)23(28,29)21(17,24)25)20(33)14-7-11-16(12-8-14)31(3)4/h5-12H,1-4H3. The topological polar surface area (TPSA) is 40.6 Å². The second-order valence-electron chi connectivity index (χ2n) is 8.01. The molecular weight excluding hydrogens is 450 g/mol. The average molecular weight is 470 g/mol. The van der Waals surface area contributed by atoms with Crippen LogP contribution in [0.15, 0.2) is 59.7 Å². The normalized spacial score (nSPS) is 18.2. The molecule has 10 heteroatoms. The zero-order valence-electron chi connectivity index (χ0n) is 18.1. The van der Waals surface area contributed by atoms with E-state index in [1.54, 1.807) is 38.0 Å². The van der Waals surface area contributed by atoms with Crippen molar-refractivity contribution in [3.63, 3.8) is 0 Å². The van der Waals surface area contributed by atoms with Crippen LogP contribution < -0.4 is 9.80 Å². The number of nitrogens with zero attached hydrogens (tertiary/aromatic N) is 2. The van der Waals surface area contributed by atoms with Gasteiger partial charge >= 0.3 is 17.8 Å². The summed E-state index contributed by atoms with van der Waals surface area (Å²) >= 11 is 0. The predicted octanol–water partition coefficient (Wildman–Crippen LogP) is 5.10. The Labute approximate surface area is 186 Å². The highest BCUT2D eigenvalue weighted by atomic mass is 19.3. The Balaban J connectivity index is 2.20. The van der Waals surface area contributed by atoms with Gasteiger partial charge in [0.05, 0.1) is 11.1 Å². The summed E-state index contributed by atoms with van der Waals surface area (Å²) in [6.07, 6.45) is 0. The molecule has 0 heterocycles. The van der Waals surface area contributed by atoms with Crippen molar-refractivity contribution in [3.05, 3.63) is 70.8 Å². The van der Waals surface area contributed by atoms with Gasteiger partial charge in [0.1, 0.15) is 0 Å². The molecule has 0 aromatic heterocycles. The fourth-order valence-corrected chi connectivity index (χ4v) is 3.45. The summed E-state index contributed by atoms with van der Waals surface area (Å²) in [4.78, 5) is 28.9. The van der Waals surface area contributed by atoms with Gasteiger partial charge in [-0.1, -0.05) is 0 Å². The van der Waals surface area contributed by atoms with Gasteiger partial charge in [-0.05, 0) is 48.5 Å². The predicted molar refractivity (Wildman–Crippen MR) is 112 cm³/mol. The molecule has 0 amide bonds. The van der Waals surface area contributed by atoms with Crippen molar-refractivity contribution in [2.24, 2.45) is 0 Å². The molecule has 3 rings (SSSR count). The zero-order chi connectivity index (χ0) is 24.9. The quantitative estimate of drug-likeness (QED) is 0.435. The third-order valence-corrected chi connectivity index (χ3v) is 5.41. The van der Waals surface area contributed by atoms with Crippen LogP contribution in [0.2, 0.25) is 0 Å². The van der Waals surface area contributed by atoms with Gasteiger partial charge in [0, 0.05) is 50.7 Å². The second-order valence-corrected chi connectivity index (χ2v) is 8.01. The largest absolute Gasteiger partial charge is 0.380 e. The number of alkyl halides is 6. The SMILES string of the molecule is CN(C)c1ccc(C(=O)C2=C(C(=O)c3ccc(N(C)C)cc3)C(F)(F)C(F)(F)C2(F)F)cc1. The van der Waals surface area contributed by atoms with Crippen LogP contribution in [-0.2, 0) is 0 Å². The number of halogens is 6. The van der Waals surface area contributed by atoms with Crippen molar-refractivity contribution in [1.29, 1.82) is 0 Å². The molecule has 0 radical (unpaired) electrons. The average Bonchev–Trinajstić information content (AvgIpc) is 2.86. The second kappa shape index (κ2) is 7.93. The third kappa shape index (κ3) is 3.67. The molecule has 0 spiro atoms. The van der Waals surface area contributed by atoms with Crippen LogP contribution in [0.5, 0.6) is 0 Å². The van der Waals surface area contributed by atoms with E-state index < -0.39 is 51.6 Å². The maximum absolute atomic E-state index is 14.6. The van der Waals surface area contributed by atoms with E-state index >= 15 is 0 Å². The molecule has 2 aromatic rings. The van der Waals surface area contributed by atoms with E-state index in [1.807, 2.05) is 0 Å². The van der Waals surface area contributed by atoms with E-state index in [0.717, 1.165) is 24.3 Å². The van der Waals surface area contributed by atoms with Crippen molar-refractivity contribution in [1.82, 2.24) is 0 Å². The van der Waals surface area contributed by atoms with Crippen LogP contribution in [0.3, 0.4) is 0 Å². The number of carbonyl (C=O) groups is 2. The Kier molecular flexibility index (Phi) is 5.85. The minimum absolute atomic E-state index is 0.531. The van der Waals surface area contributed by atoms with Crippen LogP contribution in [0, 0.1) is 0 Å². The van der Waals surface area contributed by atoms with Gasteiger partial charge in [-0.3, -0.25) is 9.59 Å². The van der Waals surface area contributed by atoms with Crippen LogP contribution in [0.4, 0.5) is 37.7 Å². The molecule has 1 aliphatic rings. The molecule has 2 aromatic carbocycles. The lowest BCUT2D eigenvalue weighted by atomic mass is 9.93. The molecule has 0 aliphatic heterocycles. The maximum atomic E-state index is 14.6. The van der Waals surface area contributed by atoms with Gasteiger partial charge in [0.2, 0.25) is 0 Å². The molecule has 33 heavy (non-hydrogen) atoms. The fraction of sp³-hybridized carbons (Fsp3) is 0.304. The molecule has 176 valence electrons. The summed E-state index contributed by atoms with van der Waals surface area (Å²) < 4.78 is 87.1. The number of benzene rings is 2. The molecule has 0 saturated heterocycles. The number of carbonyl (C=O) groups excluding carboxylic acids is 2. The smallest absolute Gasteiger partial charge is 0.378 e. The number of hydrogen-bond acceptors (Lipinski definition) is 4. The minimum Gasteiger partial charge on any atom is -0.378 e. The summed E-state index contributed by atoms with van der Waals surface area (Å²) in [6, 6.07) is 9.51. The van der Waals surface area contributed by atoms with Crippen molar-refractivity contribution >= 4 is 22.9 Å². The van der Waals surface area contributed by atoms with Gasteiger partial charge in [0.15, 0.2) is 11.6 Å². The summed E-state index contributed by atoms with van der Waals surface area (Å²) in [7, 11) is 6.63. The fourth-order valence-electron chi connectivity index (χ4n) is 3.45. The number of allylic oxidation sites excluding steroid dienone is 2. The Morgan fingerprint density at radius 1 is 0.576 bits per heavy atom. The summed E-state index contributed by atoms with van der Waals surface area (Å²) in [5, 5.41) is 0. The lowest BCUT2D eigenvalue weighted by Crippen LogP contribution is -2.50. The Morgan fingerprint density at radius 3 is 1.09 bits per heavy atom. The van der Waals surface area contributed by atoms with Crippen LogP contribution in [-0.4, -0.2) is 57.5 Å². The highest BCUT2D eigenvalue weighted by Gasteiger charge is 2.82. The van der Waals surface area contributed by atoms with Crippen molar-refractivity contribution in [2.75, 3.05) is 38.0 Å². The lowest BCUT2D eigenvalue weighted by Gasteiger charge is -2.25. The van der Waals surface area contributed by atoms with Gasteiger partial charge in [0.25, 0.3) is 0 Å². The Hall–Kier alpha value is -3.30. The van der Waals surface area contributed by atoms with E-state index in [9.17, 15) is 35.9 Å². The molecule has 4 nitrogen and oxygen atoms in total. The number of rotatable bonds is 6. The van der Waals surface area contributed by atoms with Crippen LogP contribution in [0.25, 0.3) is 0 Å². The summed E-state index contributed by atoms with van der Waals surface area (Å²) in [5.74, 6) is -20.6.